The Hall–Kier alpha value is -2.28. The summed E-state index contributed by atoms with van der Waals surface area (Å²) < 4.78 is 0. The topological polar surface area (TPSA) is 93.4 Å². The molecule has 3 rings (SSSR count). The van der Waals surface area contributed by atoms with Crippen molar-refractivity contribution in [3.8, 4) is 11.4 Å². The van der Waals surface area contributed by atoms with E-state index in [9.17, 15) is 0 Å². The number of anilines is 1. The first-order chi connectivity index (χ1) is 8.81. The van der Waals surface area contributed by atoms with E-state index in [0.29, 0.717) is 17.4 Å². The Kier molecular flexibility index (Phi) is 2.73. The fourth-order valence-corrected chi connectivity index (χ4v) is 2.14. The van der Waals surface area contributed by atoms with Crippen molar-refractivity contribution in [3.63, 3.8) is 0 Å². The van der Waals surface area contributed by atoms with E-state index in [4.69, 9.17) is 5.73 Å². The summed E-state index contributed by atoms with van der Waals surface area (Å²) in [6, 6.07) is 3.77. The number of hydrogen-bond acceptors (Lipinski definition) is 6. The zero-order chi connectivity index (χ0) is 12.4. The second-order valence-electron chi connectivity index (χ2n) is 3.70. The van der Waals surface area contributed by atoms with Gasteiger partial charge in [-0.3, -0.25) is 10.1 Å². The molecular formula is C11H10N6S. The van der Waals surface area contributed by atoms with Gasteiger partial charge in [0.05, 0.1) is 12.1 Å². The first-order valence-electron chi connectivity index (χ1n) is 5.33. The van der Waals surface area contributed by atoms with Crippen LogP contribution in [0.4, 0.5) is 5.13 Å². The molecule has 90 valence electrons. The highest BCUT2D eigenvalue weighted by atomic mass is 32.1. The van der Waals surface area contributed by atoms with Crippen LogP contribution in [0.15, 0.2) is 29.9 Å². The molecular weight excluding hydrogens is 248 g/mol. The van der Waals surface area contributed by atoms with E-state index >= 15 is 0 Å². The van der Waals surface area contributed by atoms with Crippen molar-refractivity contribution in [3.05, 3.63) is 41.4 Å². The van der Waals surface area contributed by atoms with Crippen molar-refractivity contribution >= 4 is 16.5 Å². The predicted molar refractivity (Wildman–Crippen MR) is 68.9 cm³/mol. The Labute approximate surface area is 107 Å². The summed E-state index contributed by atoms with van der Waals surface area (Å²) >= 11 is 1.42. The molecule has 3 N–H and O–H groups in total. The van der Waals surface area contributed by atoms with Gasteiger partial charge in [-0.25, -0.2) is 9.97 Å². The molecule has 6 nitrogen and oxygen atoms in total. The molecule has 0 radical (unpaired) electrons. The first kappa shape index (κ1) is 10.8. The molecule has 0 fully saturated rings. The van der Waals surface area contributed by atoms with Crippen molar-refractivity contribution in [2.24, 2.45) is 0 Å². The summed E-state index contributed by atoms with van der Waals surface area (Å²) in [5.41, 5.74) is 7.36. The summed E-state index contributed by atoms with van der Waals surface area (Å²) in [6.07, 6.45) is 4.05. The van der Waals surface area contributed by atoms with Gasteiger partial charge in [-0.1, -0.05) is 0 Å². The van der Waals surface area contributed by atoms with E-state index in [0.717, 1.165) is 17.1 Å². The molecule has 0 aromatic carbocycles. The normalized spacial score (nSPS) is 10.7. The number of aromatic nitrogens is 5. The lowest BCUT2D eigenvalue weighted by Crippen LogP contribution is -1.92. The molecule has 0 aliphatic heterocycles. The van der Waals surface area contributed by atoms with Crippen molar-refractivity contribution in [1.29, 1.82) is 0 Å². The third-order valence-electron chi connectivity index (χ3n) is 2.37. The minimum absolute atomic E-state index is 0.567. The van der Waals surface area contributed by atoms with E-state index in [2.05, 4.69) is 25.1 Å². The highest BCUT2D eigenvalue weighted by Gasteiger charge is 2.08. The molecule has 0 aliphatic carbocycles. The van der Waals surface area contributed by atoms with Gasteiger partial charge in [-0.2, -0.15) is 5.10 Å². The number of aromatic amines is 1. The number of thiazole rings is 1. The van der Waals surface area contributed by atoms with Crippen LogP contribution < -0.4 is 5.73 Å². The maximum Gasteiger partial charge on any atom is 0.182 e. The summed E-state index contributed by atoms with van der Waals surface area (Å²) in [7, 11) is 0. The van der Waals surface area contributed by atoms with Crippen LogP contribution in [-0.2, 0) is 6.42 Å². The Morgan fingerprint density at radius 2 is 2.28 bits per heavy atom. The van der Waals surface area contributed by atoms with E-state index in [-0.39, 0.29) is 0 Å². The summed E-state index contributed by atoms with van der Waals surface area (Å²) in [4.78, 5) is 12.6. The van der Waals surface area contributed by atoms with Gasteiger partial charge in [0.1, 0.15) is 5.82 Å². The Morgan fingerprint density at radius 1 is 1.33 bits per heavy atom. The van der Waals surface area contributed by atoms with Crippen molar-refractivity contribution < 1.29 is 0 Å². The zero-order valence-electron chi connectivity index (χ0n) is 9.37. The van der Waals surface area contributed by atoms with Gasteiger partial charge >= 0.3 is 0 Å². The van der Waals surface area contributed by atoms with Crippen molar-refractivity contribution in [2.75, 3.05) is 5.73 Å². The quantitative estimate of drug-likeness (QED) is 0.742. The fourth-order valence-electron chi connectivity index (χ4n) is 1.57. The molecule has 0 bridgehead atoms. The van der Waals surface area contributed by atoms with Crippen LogP contribution in [0.3, 0.4) is 0 Å². The molecule has 0 spiro atoms. The number of rotatable bonds is 3. The lowest BCUT2D eigenvalue weighted by Gasteiger charge is -1.91. The number of H-pyrrole nitrogens is 1. The maximum absolute atomic E-state index is 5.58. The molecule has 3 aromatic rings. The second kappa shape index (κ2) is 4.53. The number of nitrogens with two attached hydrogens (primary N) is 1. The Balaban J connectivity index is 1.82. The van der Waals surface area contributed by atoms with Crippen molar-refractivity contribution in [2.45, 2.75) is 6.42 Å². The van der Waals surface area contributed by atoms with E-state index in [1.807, 2.05) is 17.5 Å². The highest BCUT2D eigenvalue weighted by molar-refractivity contribution is 7.13. The van der Waals surface area contributed by atoms with Crippen LogP contribution in [0.2, 0.25) is 0 Å². The van der Waals surface area contributed by atoms with Gasteiger partial charge in [0.25, 0.3) is 0 Å². The monoisotopic (exact) mass is 258 g/mol. The number of hydrogen-bond donors (Lipinski definition) is 2. The summed E-state index contributed by atoms with van der Waals surface area (Å²) in [5, 5.41) is 9.54. The average molecular weight is 258 g/mol. The van der Waals surface area contributed by atoms with E-state index in [1.165, 1.54) is 11.3 Å². The molecule has 0 amide bonds. The number of nitrogens with one attached hydrogen (secondary N) is 1. The molecule has 0 unspecified atom stereocenters. The van der Waals surface area contributed by atoms with Gasteiger partial charge < -0.3 is 5.73 Å². The average Bonchev–Trinajstić information content (AvgIpc) is 3.01. The molecule has 18 heavy (non-hydrogen) atoms. The van der Waals surface area contributed by atoms with Gasteiger partial charge in [0.15, 0.2) is 11.0 Å². The third-order valence-corrected chi connectivity index (χ3v) is 3.09. The highest BCUT2D eigenvalue weighted by Crippen LogP contribution is 2.16. The summed E-state index contributed by atoms with van der Waals surface area (Å²) in [6.45, 7) is 0. The van der Waals surface area contributed by atoms with E-state index in [1.54, 1.807) is 12.4 Å². The van der Waals surface area contributed by atoms with Gasteiger partial charge in [0, 0.05) is 23.3 Å². The molecule has 3 aromatic heterocycles. The predicted octanol–water partition coefficient (Wildman–Crippen LogP) is 1.50. The number of nitrogen functional groups attached to an aromatic ring is 1. The first-order valence-corrected chi connectivity index (χ1v) is 6.21. The molecule has 0 atom stereocenters. The SMILES string of the molecule is Nc1nc(Cc2nc(-c3cccnc3)n[nH]2)cs1. The minimum Gasteiger partial charge on any atom is -0.375 e. The summed E-state index contributed by atoms with van der Waals surface area (Å²) in [5.74, 6) is 1.40. The largest absolute Gasteiger partial charge is 0.375 e. The van der Waals surface area contributed by atoms with Crippen LogP contribution >= 0.6 is 11.3 Å². The molecule has 0 saturated heterocycles. The fraction of sp³-hybridized carbons (Fsp3) is 0.0909. The number of pyridine rings is 1. The third kappa shape index (κ3) is 2.21. The van der Waals surface area contributed by atoms with Crippen LogP contribution in [0.1, 0.15) is 11.5 Å². The van der Waals surface area contributed by atoms with Crippen LogP contribution in [0.25, 0.3) is 11.4 Å². The molecule has 0 saturated carbocycles. The number of nitrogens with zero attached hydrogens (tertiary/aromatic N) is 4. The molecule has 7 heteroatoms. The van der Waals surface area contributed by atoms with Crippen LogP contribution in [0, 0.1) is 0 Å². The Bertz CT molecular complexity index is 644. The maximum atomic E-state index is 5.58. The Morgan fingerprint density at radius 3 is 3.00 bits per heavy atom. The minimum atomic E-state index is 0.567. The smallest absolute Gasteiger partial charge is 0.182 e. The molecule has 3 heterocycles. The van der Waals surface area contributed by atoms with Gasteiger partial charge in [-0.15, -0.1) is 11.3 Å². The van der Waals surface area contributed by atoms with E-state index < -0.39 is 0 Å². The molecule has 0 aliphatic rings. The van der Waals surface area contributed by atoms with Crippen LogP contribution in [-0.4, -0.2) is 25.1 Å². The van der Waals surface area contributed by atoms with Gasteiger partial charge in [0.2, 0.25) is 0 Å². The zero-order valence-corrected chi connectivity index (χ0v) is 10.2. The lowest BCUT2D eigenvalue weighted by atomic mass is 10.3. The van der Waals surface area contributed by atoms with Gasteiger partial charge in [-0.05, 0) is 12.1 Å². The van der Waals surface area contributed by atoms with Crippen LogP contribution in [0.5, 0.6) is 0 Å². The lowest BCUT2D eigenvalue weighted by molar-refractivity contribution is 0.952. The standard InChI is InChI=1S/C11H10N6S/c12-11-14-8(6-18-11)4-9-15-10(17-16-9)7-2-1-3-13-5-7/h1-3,5-6H,4H2,(H2,12,14)(H,15,16,17). The van der Waals surface area contributed by atoms with Crippen molar-refractivity contribution in [1.82, 2.24) is 25.1 Å². The second-order valence-corrected chi connectivity index (χ2v) is 4.59.